The molecule has 14 heteroatoms. The average Bonchev–Trinajstić information content (AvgIpc) is 3.46. The van der Waals surface area contributed by atoms with Gasteiger partial charge in [-0.05, 0) is 56.5 Å². The fourth-order valence-corrected chi connectivity index (χ4v) is 6.28. The van der Waals surface area contributed by atoms with Crippen molar-refractivity contribution in [3.05, 3.63) is 60.8 Å². The molecule has 14 nitrogen and oxygen atoms in total. The summed E-state index contributed by atoms with van der Waals surface area (Å²) in [4.78, 5) is 69.2. The number of anilines is 3. The average molecular weight is 639 g/mol. The van der Waals surface area contributed by atoms with E-state index in [1.807, 2.05) is 49.2 Å². The third kappa shape index (κ3) is 5.98. The van der Waals surface area contributed by atoms with Crippen LogP contribution in [0.2, 0.25) is 0 Å². The maximum Gasteiger partial charge on any atom is 0.334 e. The van der Waals surface area contributed by atoms with Crippen molar-refractivity contribution in [3.63, 3.8) is 0 Å². The lowest BCUT2D eigenvalue weighted by atomic mass is 9.92. The number of hydrogen-bond donors (Lipinski definition) is 2. The maximum absolute atomic E-state index is 13.5. The summed E-state index contributed by atoms with van der Waals surface area (Å²) < 4.78 is 1.84. The van der Waals surface area contributed by atoms with E-state index in [0.29, 0.717) is 30.1 Å². The highest BCUT2D eigenvalue weighted by Gasteiger charge is 2.45. The summed E-state index contributed by atoms with van der Waals surface area (Å²) in [6.45, 7) is 8.78. The number of urea groups is 1. The molecule has 3 N–H and O–H groups in total. The van der Waals surface area contributed by atoms with Gasteiger partial charge in [0.25, 0.3) is 5.91 Å². The molecule has 2 saturated heterocycles. The first-order valence-electron chi connectivity index (χ1n) is 15.8. The molecule has 47 heavy (non-hydrogen) atoms. The predicted molar refractivity (Wildman–Crippen MR) is 175 cm³/mol. The summed E-state index contributed by atoms with van der Waals surface area (Å²) >= 11 is 0. The van der Waals surface area contributed by atoms with Crippen LogP contribution in [0.4, 0.5) is 22.2 Å². The van der Waals surface area contributed by atoms with Gasteiger partial charge >= 0.3 is 6.03 Å². The van der Waals surface area contributed by atoms with E-state index in [1.54, 1.807) is 18.2 Å². The largest absolute Gasteiger partial charge is 0.382 e. The fraction of sp³-hybridized carbons (Fsp3) is 0.394. The van der Waals surface area contributed by atoms with E-state index in [-0.39, 0.29) is 36.3 Å². The Morgan fingerprint density at radius 3 is 2.30 bits per heavy atom. The number of fused-ring (bicyclic) bond motifs is 1. The van der Waals surface area contributed by atoms with Crippen LogP contribution in [0.1, 0.15) is 52.1 Å². The smallest absolute Gasteiger partial charge is 0.334 e. The predicted octanol–water partition coefficient (Wildman–Crippen LogP) is 3.56. The number of carbonyl (C=O) groups excluding carboxylic acids is 4. The van der Waals surface area contributed by atoms with E-state index < -0.39 is 23.8 Å². The van der Waals surface area contributed by atoms with Gasteiger partial charge in [0.2, 0.25) is 17.8 Å². The summed E-state index contributed by atoms with van der Waals surface area (Å²) in [7, 11) is 0. The minimum atomic E-state index is -1.16. The van der Waals surface area contributed by atoms with E-state index in [9.17, 15) is 19.2 Å². The Bertz CT molecular complexity index is 1810. The quantitative estimate of drug-likeness (QED) is 0.287. The van der Waals surface area contributed by atoms with E-state index in [1.165, 1.54) is 23.6 Å². The number of amides is 5. The molecule has 2 fully saturated rings. The molecule has 1 aromatic carbocycles. The Labute approximate surface area is 272 Å². The summed E-state index contributed by atoms with van der Waals surface area (Å²) in [6.07, 6.45) is 5.93. The number of rotatable bonds is 7. The topological polar surface area (TPSA) is 172 Å². The van der Waals surface area contributed by atoms with E-state index >= 15 is 0 Å². The molecule has 0 bridgehead atoms. The van der Waals surface area contributed by atoms with Crippen LogP contribution in [0.3, 0.4) is 0 Å². The number of carbonyl (C=O) groups is 4. The maximum atomic E-state index is 13.5. The number of hydrogen-bond acceptors (Lipinski definition) is 9. The Morgan fingerprint density at radius 1 is 0.979 bits per heavy atom. The van der Waals surface area contributed by atoms with Crippen LogP contribution in [-0.2, 0) is 14.4 Å². The van der Waals surface area contributed by atoms with E-state index in [2.05, 4.69) is 31.4 Å². The molecule has 5 heterocycles. The van der Waals surface area contributed by atoms with Crippen molar-refractivity contribution in [2.45, 2.75) is 52.5 Å². The van der Waals surface area contributed by atoms with Gasteiger partial charge in [-0.1, -0.05) is 26.0 Å². The molecular formula is C33H38N10O4. The highest BCUT2D eigenvalue weighted by molar-refractivity contribution is 6.22. The SMILES string of the molecule is CC(C)C(=O)N1CCC(c2cc(-c3ccc(NC(=O)C4CN(C(C)C)C(=O)N(c5ncccn5)C4=O)cc3)c3c(N)ncnn23)CC1. The van der Waals surface area contributed by atoms with Gasteiger partial charge in [0.05, 0.1) is 0 Å². The minimum absolute atomic E-state index is 0.0340. The van der Waals surface area contributed by atoms with Gasteiger partial charge in [-0.2, -0.15) is 10.00 Å². The number of nitrogen functional groups attached to an aromatic ring is 1. The molecule has 5 amide bonds. The summed E-state index contributed by atoms with van der Waals surface area (Å²) in [5, 5.41) is 7.37. The molecule has 1 unspecified atom stereocenters. The van der Waals surface area contributed by atoms with Gasteiger partial charge in [-0.15, -0.1) is 0 Å². The number of nitrogens with zero attached hydrogens (tertiary/aromatic N) is 8. The summed E-state index contributed by atoms with van der Waals surface area (Å²) in [6, 6.07) is 10.1. The monoisotopic (exact) mass is 638 g/mol. The van der Waals surface area contributed by atoms with Gasteiger partial charge < -0.3 is 20.9 Å². The molecule has 1 atom stereocenters. The number of nitrogens with one attached hydrogen (secondary N) is 1. The number of imide groups is 1. The molecule has 0 radical (unpaired) electrons. The molecule has 0 spiro atoms. The highest BCUT2D eigenvalue weighted by Crippen LogP contribution is 2.37. The van der Waals surface area contributed by atoms with Gasteiger partial charge in [-0.3, -0.25) is 14.4 Å². The van der Waals surface area contributed by atoms with Crippen LogP contribution in [0.5, 0.6) is 0 Å². The first-order chi connectivity index (χ1) is 22.5. The van der Waals surface area contributed by atoms with Gasteiger partial charge in [0.15, 0.2) is 5.82 Å². The van der Waals surface area contributed by atoms with E-state index in [4.69, 9.17) is 5.73 Å². The number of piperidine rings is 1. The van der Waals surface area contributed by atoms with Gasteiger partial charge in [0.1, 0.15) is 17.8 Å². The summed E-state index contributed by atoms with van der Waals surface area (Å²) in [5.41, 5.74) is 10.2. The third-order valence-electron chi connectivity index (χ3n) is 8.82. The standard InChI is InChI=1S/C33H38N10O4/c1-19(2)30(45)40-14-10-22(11-15-40)26-16-24(27-28(34)37-18-38-43(26)27)21-6-8-23(9-7-21)39-29(44)25-17-41(20(3)4)33(47)42(31(25)46)32-35-12-5-13-36-32/h5-9,12-13,16,18-20,22,25H,10-11,14-15,17H2,1-4H3,(H,39,44)(H2,34,37,38). The second-order valence-corrected chi connectivity index (χ2v) is 12.5. The zero-order chi connectivity index (χ0) is 33.4. The fourth-order valence-electron chi connectivity index (χ4n) is 6.28. The minimum Gasteiger partial charge on any atom is -0.382 e. The zero-order valence-electron chi connectivity index (χ0n) is 26.8. The molecule has 0 aliphatic carbocycles. The number of aromatic nitrogens is 5. The molecule has 6 rings (SSSR count). The molecule has 2 aliphatic heterocycles. The second-order valence-electron chi connectivity index (χ2n) is 12.5. The third-order valence-corrected chi connectivity index (χ3v) is 8.82. The van der Waals surface area contributed by atoms with Crippen LogP contribution >= 0.6 is 0 Å². The lowest BCUT2D eigenvalue weighted by Gasteiger charge is -2.38. The van der Waals surface area contributed by atoms with Crippen molar-refractivity contribution in [2.24, 2.45) is 11.8 Å². The van der Waals surface area contributed by atoms with Crippen LogP contribution in [-0.4, -0.2) is 83.8 Å². The first-order valence-corrected chi connectivity index (χ1v) is 15.8. The van der Waals surface area contributed by atoms with Gasteiger partial charge in [-0.25, -0.2) is 24.3 Å². The van der Waals surface area contributed by atoms with Crippen molar-refractivity contribution < 1.29 is 19.2 Å². The Morgan fingerprint density at radius 2 is 1.66 bits per heavy atom. The van der Waals surface area contributed by atoms with Gasteiger partial charge in [0, 0.05) is 66.9 Å². The van der Waals surface area contributed by atoms with Crippen LogP contribution in [0.15, 0.2) is 55.1 Å². The molecule has 0 saturated carbocycles. The number of nitrogens with two attached hydrogens (primary N) is 1. The molecular weight excluding hydrogens is 600 g/mol. The first kappa shape index (κ1) is 31.6. The lowest BCUT2D eigenvalue weighted by molar-refractivity contribution is -0.135. The lowest BCUT2D eigenvalue weighted by Crippen LogP contribution is -2.61. The Hall–Kier alpha value is -5.40. The van der Waals surface area contributed by atoms with Crippen molar-refractivity contribution in [2.75, 3.05) is 35.6 Å². The highest BCUT2D eigenvalue weighted by atomic mass is 16.2. The van der Waals surface area contributed by atoms with Crippen LogP contribution in [0, 0.1) is 11.8 Å². The normalized spacial score (nSPS) is 17.7. The molecule has 2 aliphatic rings. The molecule has 4 aromatic rings. The second kappa shape index (κ2) is 12.8. The number of benzene rings is 1. The molecule has 244 valence electrons. The van der Waals surface area contributed by atoms with Crippen LogP contribution < -0.4 is 16.0 Å². The summed E-state index contributed by atoms with van der Waals surface area (Å²) in [5.74, 6) is -1.79. The van der Waals surface area contributed by atoms with E-state index in [0.717, 1.165) is 34.6 Å². The van der Waals surface area contributed by atoms with Crippen molar-refractivity contribution in [3.8, 4) is 11.1 Å². The Kier molecular flexibility index (Phi) is 8.58. The van der Waals surface area contributed by atoms with Crippen molar-refractivity contribution in [1.82, 2.24) is 34.4 Å². The zero-order valence-corrected chi connectivity index (χ0v) is 26.8. The molecule has 3 aromatic heterocycles. The van der Waals surface area contributed by atoms with Crippen molar-refractivity contribution >= 4 is 46.7 Å². The Balaban J connectivity index is 1.22. The van der Waals surface area contributed by atoms with Crippen LogP contribution in [0.25, 0.3) is 16.6 Å². The number of likely N-dealkylation sites (tertiary alicyclic amines) is 1. The van der Waals surface area contributed by atoms with Crippen molar-refractivity contribution in [1.29, 1.82) is 0 Å².